The van der Waals surface area contributed by atoms with Crippen LogP contribution in [0.3, 0.4) is 0 Å². The summed E-state index contributed by atoms with van der Waals surface area (Å²) in [4.78, 5) is 14.7. The fourth-order valence-electron chi connectivity index (χ4n) is 1.43. The van der Waals surface area contributed by atoms with Gasteiger partial charge in [-0.3, -0.25) is 0 Å². The van der Waals surface area contributed by atoms with Gasteiger partial charge in [-0.25, -0.2) is 9.78 Å². The van der Waals surface area contributed by atoms with Gasteiger partial charge >= 0.3 is 0 Å². The molecular formula is C11H8N2O2Ru. The first-order valence-electron chi connectivity index (χ1n) is 4.48. The van der Waals surface area contributed by atoms with Crippen molar-refractivity contribution >= 4 is 11.7 Å². The standard InChI is InChI=1S/C11H8N2O2.Ru/c14-8-9-4-3-7-13(15)11(9)10-5-1-2-6-12-10;/h1-3,5-7H,4H2;. The van der Waals surface area contributed by atoms with Crippen molar-refractivity contribution in [3.63, 3.8) is 0 Å². The topological polar surface area (TPSA) is 56.0 Å². The molecule has 1 aromatic heterocycles. The molecule has 2 heterocycles. The summed E-state index contributed by atoms with van der Waals surface area (Å²) in [6, 6.07) is 5.21. The van der Waals surface area contributed by atoms with Crippen molar-refractivity contribution < 1.29 is 29.0 Å². The Kier molecular flexibility index (Phi) is 4.30. The average Bonchev–Trinajstić information content (AvgIpc) is 2.29. The average molecular weight is 301 g/mol. The van der Waals surface area contributed by atoms with Crippen LogP contribution < -0.4 is 0 Å². The second-order valence-electron chi connectivity index (χ2n) is 3.06. The molecule has 0 unspecified atom stereocenters. The molecule has 16 heavy (non-hydrogen) atoms. The minimum atomic E-state index is 0. The van der Waals surface area contributed by atoms with Gasteiger partial charge in [-0.05, 0) is 18.2 Å². The van der Waals surface area contributed by atoms with E-state index in [1.165, 1.54) is 6.20 Å². The molecule has 82 valence electrons. The Hall–Kier alpha value is -1.57. The van der Waals surface area contributed by atoms with E-state index in [0.717, 1.165) is 0 Å². The second kappa shape index (κ2) is 5.50. The third kappa shape index (κ3) is 2.33. The maximum Gasteiger partial charge on any atom is 0.256 e. The summed E-state index contributed by atoms with van der Waals surface area (Å²) in [6.45, 7) is 0. The first kappa shape index (κ1) is 12.5. The minimum Gasteiger partial charge on any atom is -0.618 e. The van der Waals surface area contributed by atoms with E-state index in [-0.39, 0.29) is 25.2 Å². The van der Waals surface area contributed by atoms with Gasteiger partial charge in [0.05, 0.1) is 0 Å². The Morgan fingerprint density at radius 1 is 1.44 bits per heavy atom. The van der Waals surface area contributed by atoms with Crippen molar-refractivity contribution in [1.29, 1.82) is 0 Å². The van der Waals surface area contributed by atoms with Crippen molar-refractivity contribution in [3.05, 3.63) is 53.1 Å². The maximum atomic E-state index is 11.5. The molecule has 1 aliphatic rings. The molecule has 1 aromatic rings. The Labute approximate surface area is 105 Å². The van der Waals surface area contributed by atoms with E-state index in [2.05, 4.69) is 4.98 Å². The zero-order chi connectivity index (χ0) is 10.7. The third-order valence-electron chi connectivity index (χ3n) is 2.10. The fourth-order valence-corrected chi connectivity index (χ4v) is 1.43. The minimum absolute atomic E-state index is 0. The van der Waals surface area contributed by atoms with E-state index in [4.69, 9.17) is 0 Å². The molecule has 0 aromatic carbocycles. The van der Waals surface area contributed by atoms with Gasteiger partial charge in [0.25, 0.3) is 5.71 Å². The van der Waals surface area contributed by atoms with E-state index in [1.54, 1.807) is 36.4 Å². The number of nitrogens with zero attached hydrogens (tertiary/aromatic N) is 2. The van der Waals surface area contributed by atoms with E-state index >= 15 is 0 Å². The summed E-state index contributed by atoms with van der Waals surface area (Å²) >= 11 is 0. The van der Waals surface area contributed by atoms with E-state index in [9.17, 15) is 10.0 Å². The van der Waals surface area contributed by atoms with E-state index in [0.29, 0.717) is 22.4 Å². The van der Waals surface area contributed by atoms with Crippen LogP contribution >= 0.6 is 0 Å². The van der Waals surface area contributed by atoms with Gasteiger partial charge < -0.3 is 5.21 Å². The molecule has 1 aliphatic heterocycles. The quantitative estimate of drug-likeness (QED) is 0.337. The second-order valence-corrected chi connectivity index (χ2v) is 3.06. The van der Waals surface area contributed by atoms with Crippen molar-refractivity contribution in [2.24, 2.45) is 0 Å². The Bertz CT molecular complexity index is 488. The summed E-state index contributed by atoms with van der Waals surface area (Å²) < 4.78 is 0.645. The summed E-state index contributed by atoms with van der Waals surface area (Å²) in [6.07, 6.45) is 5.01. The number of pyridine rings is 1. The summed E-state index contributed by atoms with van der Waals surface area (Å²) in [5, 5.41) is 11.5. The first-order chi connectivity index (χ1) is 7.33. The zero-order valence-corrected chi connectivity index (χ0v) is 9.97. The van der Waals surface area contributed by atoms with Crippen LogP contribution in [0.2, 0.25) is 0 Å². The largest absolute Gasteiger partial charge is 0.618 e. The predicted molar refractivity (Wildman–Crippen MR) is 54.9 cm³/mol. The summed E-state index contributed by atoms with van der Waals surface area (Å²) in [5.74, 6) is 1.78. The monoisotopic (exact) mass is 302 g/mol. The van der Waals surface area contributed by atoms with Crippen LogP contribution in [0.15, 0.2) is 42.2 Å². The molecule has 0 bridgehead atoms. The number of hydrogen-bond acceptors (Lipinski definition) is 3. The van der Waals surface area contributed by atoms with Crippen LogP contribution in [0.5, 0.6) is 0 Å². The molecule has 0 atom stereocenters. The van der Waals surface area contributed by atoms with Gasteiger partial charge in [0.1, 0.15) is 17.2 Å². The summed E-state index contributed by atoms with van der Waals surface area (Å²) in [7, 11) is 0. The number of aromatic nitrogens is 1. The zero-order valence-electron chi connectivity index (χ0n) is 8.24. The smallest absolute Gasteiger partial charge is 0.256 e. The van der Waals surface area contributed by atoms with Crippen LogP contribution in [-0.2, 0) is 24.3 Å². The molecule has 0 aliphatic carbocycles. The van der Waals surface area contributed by atoms with Crippen LogP contribution in [-0.4, -0.2) is 21.4 Å². The number of rotatable bonds is 1. The molecule has 5 heteroatoms. The fraction of sp³-hybridized carbons (Fsp3) is 0.0909. The Morgan fingerprint density at radius 3 is 2.88 bits per heavy atom. The molecule has 4 nitrogen and oxygen atoms in total. The Morgan fingerprint density at radius 2 is 2.25 bits per heavy atom. The molecule has 0 fully saturated rings. The van der Waals surface area contributed by atoms with Gasteiger partial charge in [0, 0.05) is 32.1 Å². The molecule has 0 spiro atoms. The van der Waals surface area contributed by atoms with E-state index in [1.807, 2.05) is 0 Å². The molecule has 0 saturated heterocycles. The van der Waals surface area contributed by atoms with Gasteiger partial charge in [-0.2, -0.15) is 4.74 Å². The number of hydroxylamine groups is 1. The Balaban J connectivity index is 0.00000128. The van der Waals surface area contributed by atoms with Crippen molar-refractivity contribution in [3.8, 4) is 0 Å². The predicted octanol–water partition coefficient (Wildman–Crippen LogP) is 1.05. The number of hydrogen-bond donors (Lipinski definition) is 0. The van der Waals surface area contributed by atoms with E-state index < -0.39 is 0 Å². The molecule has 0 radical (unpaired) electrons. The molecule has 0 amide bonds. The number of allylic oxidation sites excluding steroid dienone is 2. The van der Waals surface area contributed by atoms with Crippen LogP contribution in [0.25, 0.3) is 0 Å². The van der Waals surface area contributed by atoms with Crippen molar-refractivity contribution in [1.82, 2.24) is 4.98 Å². The van der Waals surface area contributed by atoms with Crippen LogP contribution in [0.4, 0.5) is 0 Å². The normalized spacial score (nSPS) is 14.4. The molecule has 0 N–H and O–H groups in total. The number of carbonyl (C=O) groups excluding carboxylic acids is 1. The van der Waals surface area contributed by atoms with Gasteiger partial charge in [-0.15, -0.1) is 0 Å². The molecule has 0 saturated carbocycles. The van der Waals surface area contributed by atoms with Crippen molar-refractivity contribution in [2.45, 2.75) is 6.42 Å². The van der Waals surface area contributed by atoms with Crippen molar-refractivity contribution in [2.75, 3.05) is 0 Å². The third-order valence-corrected chi connectivity index (χ3v) is 2.10. The maximum absolute atomic E-state index is 11.5. The van der Waals surface area contributed by atoms with Gasteiger partial charge in [-0.1, -0.05) is 6.07 Å². The molecule has 2 rings (SSSR count). The SMILES string of the molecule is O=C=C1CC=C[N+]([O-])=C1c1ccccn1.[Ru]. The first-order valence-corrected chi connectivity index (χ1v) is 4.48. The molecular weight excluding hydrogens is 293 g/mol. The van der Waals surface area contributed by atoms with Crippen LogP contribution in [0.1, 0.15) is 12.1 Å². The summed E-state index contributed by atoms with van der Waals surface area (Å²) in [5.41, 5.74) is 1.12. The van der Waals surface area contributed by atoms with Crippen LogP contribution in [0, 0.1) is 5.21 Å². The van der Waals surface area contributed by atoms with Gasteiger partial charge in [0.2, 0.25) is 0 Å². The van der Waals surface area contributed by atoms with Gasteiger partial charge in [0.15, 0.2) is 6.20 Å².